The lowest BCUT2D eigenvalue weighted by molar-refractivity contribution is -0.304. The molecule has 1 aromatic heterocycles. The van der Waals surface area contributed by atoms with E-state index < -0.39 is 16.8 Å². The van der Waals surface area contributed by atoms with Crippen LogP contribution in [0.5, 0.6) is 5.88 Å². The lowest BCUT2D eigenvalue weighted by Crippen LogP contribution is -2.33. The standard InChI is InChI=1S/C17H20N2O4S/c1-2-3-9-13(16(22)23)24-17-18-14(20)12(15(21)19-17)10-11-7-5-4-6-8-11/h4-8,13H,2-3,9-10H2,1H3,(H,22,23)(H2,18,19,20,21)/p-1/t13-/m1/s1. The van der Waals surface area contributed by atoms with Crippen LogP contribution in [0.25, 0.3) is 0 Å². The van der Waals surface area contributed by atoms with E-state index in [1.54, 1.807) is 0 Å². The Morgan fingerprint density at radius 2 is 2.08 bits per heavy atom. The number of carboxylic acid groups (broad SMARTS) is 1. The Bertz CT molecular complexity index is 746. The number of nitrogens with zero attached hydrogens (tertiary/aromatic N) is 1. The van der Waals surface area contributed by atoms with Crippen LogP contribution in [0.4, 0.5) is 0 Å². The number of unbranched alkanes of at least 4 members (excludes halogenated alkanes) is 1. The molecule has 0 fully saturated rings. The second kappa shape index (κ2) is 8.54. The maximum absolute atomic E-state index is 12.2. The van der Waals surface area contributed by atoms with Crippen LogP contribution in [0.1, 0.15) is 37.3 Å². The topological polar surface area (TPSA) is 106 Å². The van der Waals surface area contributed by atoms with Crippen molar-refractivity contribution < 1.29 is 15.0 Å². The number of hydrogen-bond acceptors (Lipinski definition) is 6. The van der Waals surface area contributed by atoms with Gasteiger partial charge in [0.25, 0.3) is 5.56 Å². The highest BCUT2D eigenvalue weighted by molar-refractivity contribution is 8.00. The molecule has 2 aromatic rings. The number of aromatic hydroxyl groups is 1. The third-order valence-electron chi connectivity index (χ3n) is 3.53. The monoisotopic (exact) mass is 347 g/mol. The van der Waals surface area contributed by atoms with Crippen LogP contribution in [0.3, 0.4) is 0 Å². The van der Waals surface area contributed by atoms with Gasteiger partial charge in [-0.15, -0.1) is 0 Å². The van der Waals surface area contributed by atoms with Crippen LogP contribution in [0.15, 0.2) is 40.3 Å². The van der Waals surface area contributed by atoms with Gasteiger partial charge in [0.05, 0.1) is 16.8 Å². The number of H-pyrrole nitrogens is 1. The van der Waals surface area contributed by atoms with E-state index in [4.69, 9.17) is 0 Å². The lowest BCUT2D eigenvalue weighted by atomic mass is 10.1. The van der Waals surface area contributed by atoms with Gasteiger partial charge in [-0.25, -0.2) is 0 Å². The normalized spacial score (nSPS) is 12.0. The van der Waals surface area contributed by atoms with E-state index >= 15 is 0 Å². The number of aliphatic carboxylic acids is 1. The number of carbonyl (C=O) groups excluding carboxylic acids is 1. The van der Waals surface area contributed by atoms with Gasteiger partial charge in [0, 0.05) is 6.42 Å². The number of rotatable bonds is 8. The molecule has 6 nitrogen and oxygen atoms in total. The van der Waals surface area contributed by atoms with Crippen LogP contribution >= 0.6 is 11.8 Å². The summed E-state index contributed by atoms with van der Waals surface area (Å²) in [4.78, 5) is 29.8. The van der Waals surface area contributed by atoms with Gasteiger partial charge in [0.15, 0.2) is 5.16 Å². The number of benzene rings is 1. The molecule has 0 aliphatic heterocycles. The predicted molar refractivity (Wildman–Crippen MR) is 89.9 cm³/mol. The van der Waals surface area contributed by atoms with Gasteiger partial charge in [0.1, 0.15) is 0 Å². The molecule has 0 aliphatic carbocycles. The summed E-state index contributed by atoms with van der Waals surface area (Å²) in [5.74, 6) is -1.58. The summed E-state index contributed by atoms with van der Waals surface area (Å²) in [7, 11) is 0. The summed E-state index contributed by atoms with van der Waals surface area (Å²) in [6.45, 7) is 1.96. The molecule has 2 N–H and O–H groups in total. The van der Waals surface area contributed by atoms with E-state index in [0.29, 0.717) is 6.42 Å². The second-order valence-corrected chi connectivity index (χ2v) is 6.59. The van der Waals surface area contributed by atoms with Crippen LogP contribution in [0.2, 0.25) is 0 Å². The minimum absolute atomic E-state index is 0.0830. The summed E-state index contributed by atoms with van der Waals surface area (Å²) in [6.07, 6.45) is 2.25. The highest BCUT2D eigenvalue weighted by Crippen LogP contribution is 2.25. The van der Waals surface area contributed by atoms with E-state index in [9.17, 15) is 19.8 Å². The van der Waals surface area contributed by atoms with Gasteiger partial charge in [-0.05, 0) is 12.0 Å². The summed E-state index contributed by atoms with van der Waals surface area (Å²) in [5, 5.41) is 20.5. The van der Waals surface area contributed by atoms with Gasteiger partial charge in [-0.1, -0.05) is 61.9 Å². The van der Waals surface area contributed by atoms with Crippen molar-refractivity contribution in [3.05, 3.63) is 51.8 Å². The molecule has 128 valence electrons. The van der Waals surface area contributed by atoms with Crippen LogP contribution in [-0.2, 0) is 11.2 Å². The minimum Gasteiger partial charge on any atom is -0.549 e. The molecule has 0 spiro atoms. The largest absolute Gasteiger partial charge is 0.549 e. The molecule has 0 radical (unpaired) electrons. The SMILES string of the molecule is CCCC[C@@H](Sc1nc(O)c(Cc2ccccc2)c(=O)[nH]1)C(=O)[O-]. The zero-order valence-electron chi connectivity index (χ0n) is 13.3. The summed E-state index contributed by atoms with van der Waals surface area (Å²) >= 11 is 0.891. The Balaban J connectivity index is 2.19. The van der Waals surface area contributed by atoms with Crippen molar-refractivity contribution in [1.82, 2.24) is 9.97 Å². The van der Waals surface area contributed by atoms with Crippen molar-refractivity contribution >= 4 is 17.7 Å². The molecule has 7 heteroatoms. The first-order valence-corrected chi connectivity index (χ1v) is 8.62. The third-order valence-corrected chi connectivity index (χ3v) is 4.66. The number of carboxylic acids is 1. The van der Waals surface area contributed by atoms with Gasteiger partial charge in [-0.3, -0.25) is 4.79 Å². The van der Waals surface area contributed by atoms with Crippen LogP contribution < -0.4 is 10.7 Å². The Labute approximate surface area is 144 Å². The number of hydrogen-bond donors (Lipinski definition) is 2. The van der Waals surface area contributed by atoms with Crippen molar-refractivity contribution in [2.45, 2.75) is 43.0 Å². The van der Waals surface area contributed by atoms with Gasteiger partial charge < -0.3 is 20.0 Å². The quantitative estimate of drug-likeness (QED) is 0.553. The molecule has 0 aliphatic rings. The first-order valence-electron chi connectivity index (χ1n) is 7.74. The Hall–Kier alpha value is -2.28. The lowest BCUT2D eigenvalue weighted by Gasteiger charge is -2.16. The maximum Gasteiger partial charge on any atom is 0.258 e. The van der Waals surface area contributed by atoms with Gasteiger partial charge in [0.2, 0.25) is 5.88 Å². The van der Waals surface area contributed by atoms with Crippen LogP contribution in [0, 0.1) is 0 Å². The smallest absolute Gasteiger partial charge is 0.258 e. The Morgan fingerprint density at radius 3 is 2.67 bits per heavy atom. The zero-order valence-corrected chi connectivity index (χ0v) is 14.1. The molecule has 1 atom stereocenters. The Morgan fingerprint density at radius 1 is 1.38 bits per heavy atom. The first-order chi connectivity index (χ1) is 11.5. The molecule has 24 heavy (non-hydrogen) atoms. The van der Waals surface area contributed by atoms with Crippen molar-refractivity contribution in [3.63, 3.8) is 0 Å². The molecule has 1 aromatic carbocycles. The number of aromatic amines is 1. The number of thioether (sulfide) groups is 1. The van der Waals surface area contributed by atoms with E-state index in [2.05, 4.69) is 9.97 Å². The van der Waals surface area contributed by atoms with Crippen molar-refractivity contribution in [1.29, 1.82) is 0 Å². The fourth-order valence-corrected chi connectivity index (χ4v) is 3.17. The summed E-state index contributed by atoms with van der Waals surface area (Å²) in [5.41, 5.74) is 0.557. The molecular weight excluding hydrogens is 328 g/mol. The fourth-order valence-electron chi connectivity index (χ4n) is 2.23. The summed E-state index contributed by atoms with van der Waals surface area (Å²) < 4.78 is 0. The molecule has 0 unspecified atom stereocenters. The molecular formula is C17H19N2O4S-. The fraction of sp³-hybridized carbons (Fsp3) is 0.353. The van der Waals surface area contributed by atoms with Crippen molar-refractivity contribution in [2.24, 2.45) is 0 Å². The highest BCUT2D eigenvalue weighted by Gasteiger charge is 2.16. The van der Waals surface area contributed by atoms with E-state index in [0.717, 1.165) is 30.2 Å². The van der Waals surface area contributed by atoms with Gasteiger partial charge in [-0.2, -0.15) is 4.98 Å². The maximum atomic E-state index is 12.2. The molecule has 2 rings (SSSR count). The van der Waals surface area contributed by atoms with E-state index in [1.165, 1.54) is 0 Å². The first kappa shape index (κ1) is 18.1. The van der Waals surface area contributed by atoms with E-state index in [-0.39, 0.29) is 23.0 Å². The molecule has 0 amide bonds. The van der Waals surface area contributed by atoms with Crippen molar-refractivity contribution in [2.75, 3.05) is 0 Å². The highest BCUT2D eigenvalue weighted by atomic mass is 32.2. The molecule has 0 bridgehead atoms. The third kappa shape index (κ3) is 4.86. The molecule has 0 saturated heterocycles. The zero-order chi connectivity index (χ0) is 17.5. The molecule has 0 saturated carbocycles. The van der Waals surface area contributed by atoms with E-state index in [1.807, 2.05) is 37.3 Å². The number of carbonyl (C=O) groups is 1. The van der Waals surface area contributed by atoms with Crippen LogP contribution in [-0.4, -0.2) is 26.3 Å². The second-order valence-electron chi connectivity index (χ2n) is 5.40. The molecule has 1 heterocycles. The van der Waals surface area contributed by atoms with Crippen molar-refractivity contribution in [3.8, 4) is 5.88 Å². The number of aromatic nitrogens is 2. The predicted octanol–water partition coefficient (Wildman–Crippen LogP) is 1.47. The number of nitrogens with one attached hydrogen (secondary N) is 1. The average Bonchev–Trinajstić information content (AvgIpc) is 2.55. The summed E-state index contributed by atoms with van der Waals surface area (Å²) in [6, 6.07) is 9.24. The average molecular weight is 347 g/mol. The van der Waals surface area contributed by atoms with Gasteiger partial charge >= 0.3 is 0 Å². The minimum atomic E-state index is -1.20. The Kier molecular flexibility index (Phi) is 6.43.